The van der Waals surface area contributed by atoms with Crippen molar-refractivity contribution in [2.24, 2.45) is 0 Å². The molecule has 1 aliphatic heterocycles. The summed E-state index contributed by atoms with van der Waals surface area (Å²) in [7, 11) is 2.17. The SMILES string of the molecule is CCCOc1nc2ccccc2nc1C.CN1CCCC1. The number of nitrogens with zero attached hydrogens (tertiary/aromatic N) is 3. The van der Waals surface area contributed by atoms with Crippen molar-refractivity contribution in [3.8, 4) is 5.88 Å². The second-order valence-electron chi connectivity index (χ2n) is 5.46. The zero-order valence-corrected chi connectivity index (χ0v) is 13.3. The first-order valence-corrected chi connectivity index (χ1v) is 7.75. The maximum Gasteiger partial charge on any atom is 0.235 e. The van der Waals surface area contributed by atoms with Crippen LogP contribution in [0.3, 0.4) is 0 Å². The van der Waals surface area contributed by atoms with Gasteiger partial charge in [-0.3, -0.25) is 0 Å². The van der Waals surface area contributed by atoms with Crippen LogP contribution in [0.2, 0.25) is 0 Å². The lowest BCUT2D eigenvalue weighted by molar-refractivity contribution is 0.302. The Balaban J connectivity index is 0.000000225. The molecule has 0 aliphatic carbocycles. The van der Waals surface area contributed by atoms with E-state index < -0.39 is 0 Å². The van der Waals surface area contributed by atoms with Crippen LogP contribution in [0, 0.1) is 6.92 Å². The summed E-state index contributed by atoms with van der Waals surface area (Å²) in [5, 5.41) is 0. The molecule has 114 valence electrons. The van der Waals surface area contributed by atoms with Crippen LogP contribution in [0.25, 0.3) is 11.0 Å². The van der Waals surface area contributed by atoms with E-state index in [0.717, 1.165) is 23.1 Å². The largest absolute Gasteiger partial charge is 0.476 e. The van der Waals surface area contributed by atoms with Gasteiger partial charge in [0.05, 0.1) is 17.6 Å². The number of hydrogen-bond donors (Lipinski definition) is 0. The maximum atomic E-state index is 5.52. The second-order valence-corrected chi connectivity index (χ2v) is 5.46. The topological polar surface area (TPSA) is 38.3 Å². The van der Waals surface area contributed by atoms with Crippen molar-refractivity contribution >= 4 is 11.0 Å². The van der Waals surface area contributed by atoms with E-state index in [9.17, 15) is 0 Å². The number of benzene rings is 1. The number of aryl methyl sites for hydroxylation is 1. The van der Waals surface area contributed by atoms with Gasteiger partial charge in [0, 0.05) is 0 Å². The molecule has 0 radical (unpaired) electrons. The summed E-state index contributed by atoms with van der Waals surface area (Å²) in [5.74, 6) is 0.649. The van der Waals surface area contributed by atoms with Crippen LogP contribution in [0.1, 0.15) is 31.9 Å². The van der Waals surface area contributed by atoms with Gasteiger partial charge in [-0.05, 0) is 58.5 Å². The first-order valence-electron chi connectivity index (χ1n) is 7.75. The zero-order chi connectivity index (χ0) is 15.1. The molecule has 2 aromatic rings. The Morgan fingerprint density at radius 2 is 1.71 bits per heavy atom. The monoisotopic (exact) mass is 287 g/mol. The fourth-order valence-corrected chi connectivity index (χ4v) is 2.28. The molecule has 0 N–H and O–H groups in total. The van der Waals surface area contributed by atoms with Crippen LogP contribution in [-0.4, -0.2) is 41.6 Å². The predicted molar refractivity (Wildman–Crippen MR) is 86.8 cm³/mol. The maximum absolute atomic E-state index is 5.52. The van der Waals surface area contributed by atoms with E-state index in [-0.39, 0.29) is 0 Å². The number of likely N-dealkylation sites (tertiary alicyclic amines) is 1. The molecule has 0 unspecified atom stereocenters. The minimum absolute atomic E-state index is 0.649. The molecular weight excluding hydrogens is 262 g/mol. The lowest BCUT2D eigenvalue weighted by atomic mass is 10.3. The van der Waals surface area contributed by atoms with E-state index in [1.165, 1.54) is 25.9 Å². The van der Waals surface area contributed by atoms with Crippen LogP contribution in [-0.2, 0) is 0 Å². The highest BCUT2D eigenvalue weighted by atomic mass is 16.5. The third-order valence-electron chi connectivity index (χ3n) is 3.47. The van der Waals surface area contributed by atoms with Crippen LogP contribution in [0.5, 0.6) is 5.88 Å². The summed E-state index contributed by atoms with van der Waals surface area (Å²) in [6, 6.07) is 7.82. The van der Waals surface area contributed by atoms with E-state index in [1.807, 2.05) is 31.2 Å². The molecule has 1 saturated heterocycles. The summed E-state index contributed by atoms with van der Waals surface area (Å²) >= 11 is 0. The Bertz CT molecular complexity index is 565. The Hall–Kier alpha value is -1.68. The van der Waals surface area contributed by atoms with E-state index in [2.05, 4.69) is 28.8 Å². The molecule has 1 aromatic carbocycles. The van der Waals surface area contributed by atoms with Gasteiger partial charge in [-0.25, -0.2) is 9.97 Å². The van der Waals surface area contributed by atoms with Gasteiger partial charge in [-0.1, -0.05) is 19.1 Å². The summed E-state index contributed by atoms with van der Waals surface area (Å²) < 4.78 is 5.52. The van der Waals surface area contributed by atoms with Gasteiger partial charge in [0.2, 0.25) is 5.88 Å². The number of rotatable bonds is 3. The van der Waals surface area contributed by atoms with Gasteiger partial charge in [-0.15, -0.1) is 0 Å². The molecule has 0 spiro atoms. The van der Waals surface area contributed by atoms with Crippen molar-refractivity contribution in [2.75, 3.05) is 26.7 Å². The molecular formula is C17H25N3O. The fraction of sp³-hybridized carbons (Fsp3) is 0.529. The molecule has 1 aliphatic rings. The van der Waals surface area contributed by atoms with Gasteiger partial charge in [0.1, 0.15) is 5.69 Å². The highest BCUT2D eigenvalue weighted by Crippen LogP contribution is 2.17. The third-order valence-corrected chi connectivity index (χ3v) is 3.47. The molecule has 1 fully saturated rings. The normalized spacial score (nSPS) is 14.8. The van der Waals surface area contributed by atoms with Crippen LogP contribution in [0.15, 0.2) is 24.3 Å². The zero-order valence-electron chi connectivity index (χ0n) is 13.3. The minimum Gasteiger partial charge on any atom is -0.476 e. The fourth-order valence-electron chi connectivity index (χ4n) is 2.28. The van der Waals surface area contributed by atoms with Crippen molar-refractivity contribution < 1.29 is 4.74 Å². The Morgan fingerprint density at radius 3 is 2.24 bits per heavy atom. The quantitative estimate of drug-likeness (QED) is 0.867. The number of fused-ring (bicyclic) bond motifs is 1. The van der Waals surface area contributed by atoms with E-state index >= 15 is 0 Å². The van der Waals surface area contributed by atoms with E-state index in [1.54, 1.807) is 0 Å². The lowest BCUT2D eigenvalue weighted by Gasteiger charge is -2.07. The molecule has 0 saturated carbocycles. The number of hydrogen-bond acceptors (Lipinski definition) is 4. The Kier molecular flexibility index (Phi) is 5.93. The van der Waals surface area contributed by atoms with Crippen molar-refractivity contribution in [3.63, 3.8) is 0 Å². The van der Waals surface area contributed by atoms with Crippen molar-refractivity contribution in [1.29, 1.82) is 0 Å². The molecule has 21 heavy (non-hydrogen) atoms. The standard InChI is InChI=1S/C12H14N2O.C5H11N/c1-3-8-15-12-9(2)13-10-6-4-5-7-11(10)14-12;1-6-4-2-3-5-6/h4-7H,3,8H2,1-2H3;2-5H2,1H3. The Labute approximate surface area is 127 Å². The Morgan fingerprint density at radius 1 is 1.10 bits per heavy atom. The lowest BCUT2D eigenvalue weighted by Crippen LogP contribution is -2.10. The highest BCUT2D eigenvalue weighted by Gasteiger charge is 2.05. The third kappa shape index (κ3) is 4.67. The number of ether oxygens (including phenoxy) is 1. The number of para-hydroxylation sites is 2. The second kappa shape index (κ2) is 7.93. The molecule has 0 atom stereocenters. The van der Waals surface area contributed by atoms with Crippen molar-refractivity contribution in [1.82, 2.24) is 14.9 Å². The van der Waals surface area contributed by atoms with E-state index in [4.69, 9.17) is 4.74 Å². The average molecular weight is 287 g/mol. The molecule has 0 bridgehead atoms. The summed E-state index contributed by atoms with van der Waals surface area (Å²) in [6.07, 6.45) is 3.81. The van der Waals surface area contributed by atoms with Gasteiger partial charge in [-0.2, -0.15) is 0 Å². The van der Waals surface area contributed by atoms with Gasteiger partial charge in [0.15, 0.2) is 0 Å². The van der Waals surface area contributed by atoms with Gasteiger partial charge < -0.3 is 9.64 Å². The summed E-state index contributed by atoms with van der Waals surface area (Å²) in [4.78, 5) is 11.2. The average Bonchev–Trinajstić information content (AvgIpc) is 2.97. The van der Waals surface area contributed by atoms with Gasteiger partial charge >= 0.3 is 0 Å². The first kappa shape index (κ1) is 15.7. The predicted octanol–water partition coefficient (Wildman–Crippen LogP) is 3.44. The molecule has 2 heterocycles. The van der Waals surface area contributed by atoms with Gasteiger partial charge in [0.25, 0.3) is 0 Å². The van der Waals surface area contributed by atoms with Crippen molar-refractivity contribution in [3.05, 3.63) is 30.0 Å². The van der Waals surface area contributed by atoms with Crippen molar-refractivity contribution in [2.45, 2.75) is 33.1 Å². The molecule has 1 aromatic heterocycles. The molecule has 4 heteroatoms. The van der Waals surface area contributed by atoms with Crippen LogP contribution in [0.4, 0.5) is 0 Å². The summed E-state index contributed by atoms with van der Waals surface area (Å²) in [6.45, 7) is 7.32. The van der Waals surface area contributed by atoms with Crippen LogP contribution >= 0.6 is 0 Å². The highest BCUT2D eigenvalue weighted by molar-refractivity contribution is 5.74. The van der Waals surface area contributed by atoms with Crippen LogP contribution < -0.4 is 4.74 Å². The molecule has 4 nitrogen and oxygen atoms in total. The summed E-state index contributed by atoms with van der Waals surface area (Å²) in [5.41, 5.74) is 2.65. The number of aromatic nitrogens is 2. The molecule has 0 amide bonds. The molecule has 3 rings (SSSR count). The van der Waals surface area contributed by atoms with E-state index in [0.29, 0.717) is 12.5 Å². The minimum atomic E-state index is 0.649. The first-order chi connectivity index (χ1) is 10.2. The smallest absolute Gasteiger partial charge is 0.235 e.